The van der Waals surface area contributed by atoms with Crippen LogP contribution in [0.5, 0.6) is 0 Å². The van der Waals surface area contributed by atoms with Gasteiger partial charge in [0.05, 0.1) is 0 Å². The zero-order valence-corrected chi connectivity index (χ0v) is 11.8. The minimum Gasteiger partial charge on any atom is -0.355 e. The van der Waals surface area contributed by atoms with Gasteiger partial charge in [-0.05, 0) is 34.0 Å². The molecule has 0 aliphatic carbocycles. The number of aromatic nitrogens is 1. The van der Waals surface area contributed by atoms with Crippen LogP contribution in [0, 0.1) is 5.92 Å². The van der Waals surface area contributed by atoms with Crippen molar-refractivity contribution in [2.75, 3.05) is 18.0 Å². The molecule has 1 aromatic rings. The van der Waals surface area contributed by atoms with Gasteiger partial charge in [0, 0.05) is 28.6 Å². The van der Waals surface area contributed by atoms with Crippen molar-refractivity contribution in [1.29, 1.82) is 0 Å². The molecule has 0 saturated carbocycles. The fraction of sp³-hybridized carbons (Fsp3) is 0.545. The summed E-state index contributed by atoms with van der Waals surface area (Å²) in [6.45, 7) is 4.42. The highest BCUT2D eigenvalue weighted by molar-refractivity contribution is 9.10. The number of hydrogen-bond acceptors (Lipinski definition) is 2. The maximum Gasteiger partial charge on any atom is 0.128 e. The largest absolute Gasteiger partial charge is 0.355 e. The Balaban J connectivity index is 2.10. The Hall–Kier alpha value is -0.0900. The molecule has 0 amide bonds. The SMILES string of the molecule is CCC1CN(c2ccc(Br)cn2)CC1Br. The van der Waals surface area contributed by atoms with Gasteiger partial charge in [-0.2, -0.15) is 0 Å². The Morgan fingerprint density at radius 3 is 2.80 bits per heavy atom. The predicted octanol–water partition coefficient (Wildman–Crippen LogP) is 3.45. The zero-order valence-electron chi connectivity index (χ0n) is 8.66. The smallest absolute Gasteiger partial charge is 0.128 e. The molecular formula is C11H14Br2N2. The van der Waals surface area contributed by atoms with Crippen LogP contribution in [0.2, 0.25) is 0 Å². The molecule has 2 unspecified atom stereocenters. The monoisotopic (exact) mass is 332 g/mol. The molecule has 2 nitrogen and oxygen atoms in total. The molecule has 0 aromatic carbocycles. The molecule has 4 heteroatoms. The Labute approximate surface area is 107 Å². The zero-order chi connectivity index (χ0) is 10.8. The molecule has 15 heavy (non-hydrogen) atoms. The van der Waals surface area contributed by atoms with Gasteiger partial charge in [0.2, 0.25) is 0 Å². The van der Waals surface area contributed by atoms with E-state index in [0.717, 1.165) is 29.3 Å². The molecule has 1 saturated heterocycles. The first-order chi connectivity index (χ1) is 7.20. The van der Waals surface area contributed by atoms with E-state index in [1.165, 1.54) is 6.42 Å². The molecule has 0 N–H and O–H groups in total. The summed E-state index contributed by atoms with van der Waals surface area (Å²) in [5, 5.41) is 0. The van der Waals surface area contributed by atoms with Crippen LogP contribution in [0.4, 0.5) is 5.82 Å². The van der Waals surface area contributed by atoms with E-state index in [9.17, 15) is 0 Å². The lowest BCUT2D eigenvalue weighted by Gasteiger charge is -2.16. The minimum absolute atomic E-state index is 0.605. The number of pyridine rings is 1. The number of rotatable bonds is 2. The topological polar surface area (TPSA) is 16.1 Å². The number of halogens is 2. The maximum atomic E-state index is 4.42. The van der Waals surface area contributed by atoms with Gasteiger partial charge in [-0.15, -0.1) is 0 Å². The Bertz CT molecular complexity index is 326. The van der Waals surface area contributed by atoms with Crippen LogP contribution in [-0.2, 0) is 0 Å². The lowest BCUT2D eigenvalue weighted by Crippen LogP contribution is -2.20. The van der Waals surface area contributed by atoms with Crippen molar-refractivity contribution in [3.8, 4) is 0 Å². The van der Waals surface area contributed by atoms with E-state index in [0.29, 0.717) is 4.83 Å². The summed E-state index contributed by atoms with van der Waals surface area (Å²) in [7, 11) is 0. The standard InChI is InChI=1S/C11H14Br2N2/c1-2-8-6-15(7-10(8)13)11-4-3-9(12)5-14-11/h3-5,8,10H,2,6-7H2,1H3. The first-order valence-corrected chi connectivity index (χ1v) is 6.92. The molecule has 82 valence electrons. The van der Waals surface area contributed by atoms with E-state index in [1.807, 2.05) is 12.3 Å². The number of nitrogens with zero attached hydrogens (tertiary/aromatic N) is 2. The highest BCUT2D eigenvalue weighted by Gasteiger charge is 2.29. The van der Waals surface area contributed by atoms with Crippen molar-refractivity contribution in [3.05, 3.63) is 22.8 Å². The molecule has 0 bridgehead atoms. The van der Waals surface area contributed by atoms with E-state index < -0.39 is 0 Å². The molecule has 0 spiro atoms. The second-order valence-electron chi connectivity index (χ2n) is 3.92. The second-order valence-corrected chi connectivity index (χ2v) is 6.02. The quantitative estimate of drug-likeness (QED) is 0.770. The average molecular weight is 334 g/mol. The summed E-state index contributed by atoms with van der Waals surface area (Å²) in [5.41, 5.74) is 0. The first kappa shape index (κ1) is 11.4. The summed E-state index contributed by atoms with van der Waals surface area (Å²) < 4.78 is 1.04. The summed E-state index contributed by atoms with van der Waals surface area (Å²) in [6, 6.07) is 4.12. The van der Waals surface area contributed by atoms with E-state index in [1.54, 1.807) is 0 Å². The molecule has 2 rings (SSSR count). The van der Waals surface area contributed by atoms with Crippen molar-refractivity contribution < 1.29 is 0 Å². The van der Waals surface area contributed by atoms with Crippen molar-refractivity contribution in [3.63, 3.8) is 0 Å². The third kappa shape index (κ3) is 2.53. The van der Waals surface area contributed by atoms with Crippen LogP contribution >= 0.6 is 31.9 Å². The van der Waals surface area contributed by atoms with Crippen LogP contribution in [0.1, 0.15) is 13.3 Å². The molecular weight excluding hydrogens is 320 g/mol. The van der Waals surface area contributed by atoms with E-state index in [4.69, 9.17) is 0 Å². The van der Waals surface area contributed by atoms with Gasteiger partial charge in [0.25, 0.3) is 0 Å². The maximum absolute atomic E-state index is 4.42. The van der Waals surface area contributed by atoms with E-state index >= 15 is 0 Å². The minimum atomic E-state index is 0.605. The Morgan fingerprint density at radius 2 is 2.27 bits per heavy atom. The molecule has 2 atom stereocenters. The molecule has 0 radical (unpaired) electrons. The molecule has 2 heterocycles. The summed E-state index contributed by atoms with van der Waals surface area (Å²) in [6.07, 6.45) is 3.08. The fourth-order valence-corrected chi connectivity index (χ4v) is 3.08. The number of hydrogen-bond donors (Lipinski definition) is 0. The van der Waals surface area contributed by atoms with E-state index in [2.05, 4.69) is 54.7 Å². The van der Waals surface area contributed by atoms with Crippen molar-refractivity contribution >= 4 is 37.7 Å². The van der Waals surface area contributed by atoms with Gasteiger partial charge < -0.3 is 4.90 Å². The normalized spacial score (nSPS) is 25.9. The third-order valence-corrected chi connectivity index (χ3v) is 4.43. The van der Waals surface area contributed by atoms with E-state index in [-0.39, 0.29) is 0 Å². The summed E-state index contributed by atoms with van der Waals surface area (Å²) in [5.74, 6) is 1.83. The second kappa shape index (κ2) is 4.83. The van der Waals surface area contributed by atoms with Crippen LogP contribution in [0.15, 0.2) is 22.8 Å². The first-order valence-electron chi connectivity index (χ1n) is 5.21. The fourth-order valence-electron chi connectivity index (χ4n) is 1.96. The summed E-state index contributed by atoms with van der Waals surface area (Å²) >= 11 is 7.14. The third-order valence-electron chi connectivity index (χ3n) is 2.92. The van der Waals surface area contributed by atoms with Gasteiger partial charge >= 0.3 is 0 Å². The average Bonchev–Trinajstić information content (AvgIpc) is 2.61. The predicted molar refractivity (Wildman–Crippen MR) is 70.6 cm³/mol. The van der Waals surface area contributed by atoms with Crippen molar-refractivity contribution in [1.82, 2.24) is 4.98 Å². The van der Waals surface area contributed by atoms with Crippen LogP contribution in [-0.4, -0.2) is 22.9 Å². The number of anilines is 1. The van der Waals surface area contributed by atoms with Crippen molar-refractivity contribution in [2.45, 2.75) is 18.2 Å². The Morgan fingerprint density at radius 1 is 1.47 bits per heavy atom. The summed E-state index contributed by atoms with van der Waals surface area (Å²) in [4.78, 5) is 7.37. The highest BCUT2D eigenvalue weighted by Crippen LogP contribution is 2.29. The molecule has 1 aliphatic rings. The van der Waals surface area contributed by atoms with Crippen LogP contribution in [0.3, 0.4) is 0 Å². The van der Waals surface area contributed by atoms with Gasteiger partial charge in [-0.25, -0.2) is 4.98 Å². The molecule has 1 aromatic heterocycles. The Kier molecular flexibility index (Phi) is 3.67. The van der Waals surface area contributed by atoms with Crippen molar-refractivity contribution in [2.24, 2.45) is 5.92 Å². The van der Waals surface area contributed by atoms with Gasteiger partial charge in [0.15, 0.2) is 0 Å². The molecule has 1 fully saturated rings. The lowest BCUT2D eigenvalue weighted by molar-refractivity contribution is 0.585. The van der Waals surface area contributed by atoms with Gasteiger partial charge in [-0.3, -0.25) is 0 Å². The van der Waals surface area contributed by atoms with Crippen LogP contribution < -0.4 is 4.90 Å². The lowest BCUT2D eigenvalue weighted by atomic mass is 10.1. The highest BCUT2D eigenvalue weighted by atomic mass is 79.9. The number of alkyl halides is 1. The molecule has 1 aliphatic heterocycles. The van der Waals surface area contributed by atoms with Crippen LogP contribution in [0.25, 0.3) is 0 Å². The van der Waals surface area contributed by atoms with Gasteiger partial charge in [0.1, 0.15) is 5.82 Å². The van der Waals surface area contributed by atoms with Gasteiger partial charge in [-0.1, -0.05) is 29.3 Å².